The number of likely N-dealkylation sites (tertiary alicyclic amines) is 1. The second-order valence-corrected chi connectivity index (χ2v) is 20.0. The molecule has 0 spiro atoms. The fourth-order valence-electron chi connectivity index (χ4n) is 9.55. The molecule has 73 heavy (non-hydrogen) atoms. The van der Waals surface area contributed by atoms with Crippen molar-refractivity contribution in [3.05, 3.63) is 71.8 Å². The van der Waals surface area contributed by atoms with E-state index >= 15 is 0 Å². The number of nitrogens with two attached hydrogens (primary N) is 2. The van der Waals surface area contributed by atoms with Gasteiger partial charge in [-0.2, -0.15) is 0 Å². The predicted octanol–water partition coefficient (Wildman–Crippen LogP) is 3.19. The third-order valence-electron chi connectivity index (χ3n) is 14.0. The normalized spacial score (nSPS) is 17.1. The number of hydrogen-bond acceptors (Lipinski definition) is 13. The fraction of sp³-hybridized carbons (Fsp3) is 0.673. The molecule has 1 aliphatic rings. The zero-order valence-electron chi connectivity index (χ0n) is 45.8. The maximum absolute atomic E-state index is 14.5. The largest absolute Gasteiger partial charge is 0.388 e. The maximum Gasteiger partial charge on any atom is 0.363 e. The van der Waals surface area contributed by atoms with Crippen molar-refractivity contribution in [1.29, 1.82) is 5.41 Å². The van der Waals surface area contributed by atoms with E-state index in [4.69, 9.17) is 45.0 Å². The molecular formula is C55H91N8O10+. The van der Waals surface area contributed by atoms with Gasteiger partial charge in [-0.1, -0.05) is 103 Å². The summed E-state index contributed by atoms with van der Waals surface area (Å²) in [6, 6.07) is 16.1. The van der Waals surface area contributed by atoms with E-state index in [1.807, 2.05) is 80.9 Å². The molecule has 0 bridgehead atoms. The van der Waals surface area contributed by atoms with Crippen LogP contribution in [0.15, 0.2) is 60.7 Å². The van der Waals surface area contributed by atoms with Gasteiger partial charge in [-0.3, -0.25) is 29.5 Å². The Morgan fingerprint density at radius 2 is 1.42 bits per heavy atom. The van der Waals surface area contributed by atoms with E-state index in [0.29, 0.717) is 84.2 Å². The van der Waals surface area contributed by atoms with Gasteiger partial charge < -0.3 is 54.6 Å². The average Bonchev–Trinajstić information content (AvgIpc) is 3.86. The molecule has 0 radical (unpaired) electrons. The summed E-state index contributed by atoms with van der Waals surface area (Å²) in [6.07, 6.45) is 1.33. The van der Waals surface area contributed by atoms with Gasteiger partial charge in [-0.05, 0) is 55.3 Å². The van der Waals surface area contributed by atoms with Crippen LogP contribution >= 0.6 is 0 Å². The van der Waals surface area contributed by atoms with E-state index in [0.717, 1.165) is 18.4 Å². The van der Waals surface area contributed by atoms with Crippen molar-refractivity contribution >= 4 is 35.4 Å². The Kier molecular flexibility index (Phi) is 28.4. The Morgan fingerprint density at radius 1 is 0.822 bits per heavy atom. The van der Waals surface area contributed by atoms with Crippen LogP contribution in [0.5, 0.6) is 0 Å². The number of amides is 4. The SMILES string of the molecule is CC[C@H](C)C(CN(C)C(=O)[C@@H](NC(=O)[C@H](C(C)C)N(C)CCOCCOCCOCCN)C(C)C)[C@@H](CC(=O)N1CCC[C@H]1C(OC)[C@@H](C)C(=O)NC(Cc1ccccc1)C(=[NH2+])OC(=N)c1ccccc1)OC. The highest BCUT2D eigenvalue weighted by molar-refractivity contribution is 6.00. The first-order valence-electron chi connectivity index (χ1n) is 26.2. The summed E-state index contributed by atoms with van der Waals surface area (Å²) in [7, 11) is 6.78. The highest BCUT2D eigenvalue weighted by Crippen LogP contribution is 2.30. The van der Waals surface area contributed by atoms with Crippen LogP contribution < -0.4 is 21.8 Å². The number of likely N-dealkylation sites (N-methyl/N-ethyl adjacent to an activating group) is 2. The van der Waals surface area contributed by atoms with Crippen LogP contribution in [0.25, 0.3) is 0 Å². The summed E-state index contributed by atoms with van der Waals surface area (Å²) in [5, 5.41) is 21.2. The van der Waals surface area contributed by atoms with Crippen LogP contribution in [0.1, 0.15) is 85.3 Å². The first-order valence-corrected chi connectivity index (χ1v) is 26.2. The zero-order chi connectivity index (χ0) is 54.0. The van der Waals surface area contributed by atoms with Gasteiger partial charge in [0.15, 0.2) is 6.04 Å². The van der Waals surface area contributed by atoms with E-state index in [1.54, 1.807) is 57.4 Å². The van der Waals surface area contributed by atoms with Gasteiger partial charge in [0.05, 0.1) is 76.3 Å². The Bertz CT molecular complexity index is 1960. The van der Waals surface area contributed by atoms with Crippen LogP contribution in [0.2, 0.25) is 0 Å². The summed E-state index contributed by atoms with van der Waals surface area (Å²) in [6.45, 7) is 18.2. The standard InChI is InChI=1S/C55H90N8O10/c1-12-39(6)43(36-62(9)55(67)48(37(2)3)60-54(66)49(38(4)5)61(8)27-29-71-31-33-72-32-30-70-28-25-56)46(68-10)35-47(64)63-26-19-24-45(63)50(69-11)40(7)53(65)59-44(34-41-20-15-13-16-21-41)52(58)73-51(57)42-22-17-14-18-23-42/h13-18,20-23,37-40,43-46,48-50,57-58H,12,19,24-36,56H2,1-11H3,(H,59,65)(H,60,66)/p+1/t39-,40+,43?,44?,45-,46+,48-,49-,50?/m0/s1. The topological polar surface area (TPSA) is 233 Å². The van der Waals surface area contributed by atoms with Crippen LogP contribution in [-0.4, -0.2) is 181 Å². The molecule has 1 saturated heterocycles. The lowest BCUT2D eigenvalue weighted by Crippen LogP contribution is -2.58. The van der Waals surface area contributed by atoms with Crippen LogP contribution in [0.3, 0.4) is 0 Å². The molecule has 2 aromatic rings. The van der Waals surface area contributed by atoms with Crippen molar-refractivity contribution in [3.8, 4) is 0 Å². The summed E-state index contributed by atoms with van der Waals surface area (Å²) in [4.78, 5) is 62.5. The number of methoxy groups -OCH3 is 2. The monoisotopic (exact) mass is 1020 g/mol. The van der Waals surface area contributed by atoms with Crippen LogP contribution in [0, 0.1) is 35.0 Å². The molecule has 4 amide bonds. The summed E-state index contributed by atoms with van der Waals surface area (Å²) >= 11 is 0. The Morgan fingerprint density at radius 3 is 1.99 bits per heavy atom. The Balaban J connectivity index is 1.69. The minimum Gasteiger partial charge on any atom is -0.388 e. The van der Waals surface area contributed by atoms with Gasteiger partial charge in [-0.25, -0.2) is 5.41 Å². The minimum atomic E-state index is -0.789. The van der Waals surface area contributed by atoms with E-state index in [2.05, 4.69) is 24.5 Å². The van der Waals surface area contributed by atoms with Gasteiger partial charge in [0.2, 0.25) is 29.5 Å². The molecule has 1 fully saturated rings. The van der Waals surface area contributed by atoms with E-state index in [1.165, 1.54) is 0 Å². The van der Waals surface area contributed by atoms with Gasteiger partial charge >= 0.3 is 5.90 Å². The quantitative estimate of drug-likeness (QED) is 0.0387. The number of nitrogens with zero attached hydrogens (tertiary/aromatic N) is 3. The van der Waals surface area contributed by atoms with Crippen molar-refractivity contribution in [2.24, 2.45) is 35.3 Å². The average molecular weight is 1020 g/mol. The molecule has 18 nitrogen and oxygen atoms in total. The molecule has 7 N–H and O–H groups in total. The summed E-state index contributed by atoms with van der Waals surface area (Å²) in [5.74, 6) is -2.20. The second kappa shape index (κ2) is 33.2. The number of benzene rings is 2. The number of carbonyl (C=O) groups is 4. The molecule has 18 heteroatoms. The van der Waals surface area contributed by atoms with Gasteiger partial charge in [0.25, 0.3) is 0 Å². The molecule has 410 valence electrons. The lowest BCUT2D eigenvalue weighted by atomic mass is 9.84. The molecule has 2 aromatic carbocycles. The molecule has 0 saturated carbocycles. The smallest absolute Gasteiger partial charge is 0.363 e. The van der Waals surface area contributed by atoms with Gasteiger partial charge in [-0.15, -0.1) is 0 Å². The molecular weight excluding hydrogens is 933 g/mol. The van der Waals surface area contributed by atoms with E-state index in [9.17, 15) is 19.2 Å². The molecule has 3 rings (SSSR count). The molecule has 1 heterocycles. The van der Waals surface area contributed by atoms with Crippen LogP contribution in [-0.2, 0) is 54.0 Å². The molecule has 9 atom stereocenters. The van der Waals surface area contributed by atoms with Crippen LogP contribution in [0.4, 0.5) is 0 Å². The molecule has 3 unspecified atom stereocenters. The first-order chi connectivity index (χ1) is 34.9. The number of rotatable bonds is 34. The number of carbonyl (C=O) groups excluding carboxylic acids is 4. The molecule has 1 aliphatic heterocycles. The van der Waals surface area contributed by atoms with Gasteiger partial charge in [0.1, 0.15) is 6.04 Å². The second-order valence-electron chi connectivity index (χ2n) is 20.0. The lowest BCUT2D eigenvalue weighted by Gasteiger charge is -2.38. The van der Waals surface area contributed by atoms with Crippen molar-refractivity contribution in [1.82, 2.24) is 25.3 Å². The molecule has 0 aliphatic carbocycles. The number of nitrogens with one attached hydrogen (secondary N) is 3. The lowest BCUT2D eigenvalue weighted by molar-refractivity contribution is -0.145. The Labute approximate surface area is 436 Å². The maximum atomic E-state index is 14.5. The van der Waals surface area contributed by atoms with E-state index in [-0.39, 0.29) is 65.5 Å². The fourth-order valence-corrected chi connectivity index (χ4v) is 9.55. The van der Waals surface area contributed by atoms with Crippen molar-refractivity contribution in [2.45, 2.75) is 117 Å². The summed E-state index contributed by atoms with van der Waals surface area (Å²) in [5.41, 5.74) is 6.89. The highest BCUT2D eigenvalue weighted by atomic mass is 16.5. The Hall–Kier alpha value is -4.82. The highest BCUT2D eigenvalue weighted by Gasteiger charge is 2.43. The van der Waals surface area contributed by atoms with E-state index < -0.39 is 42.3 Å². The molecule has 0 aromatic heterocycles. The third kappa shape index (κ3) is 20.1. The summed E-state index contributed by atoms with van der Waals surface area (Å²) < 4.78 is 34.7. The predicted molar refractivity (Wildman–Crippen MR) is 284 cm³/mol. The number of ether oxygens (including phenoxy) is 6. The number of hydrogen-bond donors (Lipinski definition) is 5. The van der Waals surface area contributed by atoms with Crippen molar-refractivity contribution in [2.75, 3.05) is 94.1 Å². The van der Waals surface area contributed by atoms with Gasteiger partial charge in [0, 0.05) is 65.3 Å². The van der Waals surface area contributed by atoms with Crippen molar-refractivity contribution < 1.29 is 53.0 Å². The first kappa shape index (κ1) is 62.5. The zero-order valence-corrected chi connectivity index (χ0v) is 45.8. The third-order valence-corrected chi connectivity index (χ3v) is 14.0. The minimum absolute atomic E-state index is 0.0242. The van der Waals surface area contributed by atoms with Crippen molar-refractivity contribution in [3.63, 3.8) is 0 Å².